The van der Waals surface area contributed by atoms with Gasteiger partial charge >= 0.3 is 0 Å². The number of hydrogen-bond acceptors (Lipinski definition) is 3. The second-order valence-corrected chi connectivity index (χ2v) is 8.31. The average Bonchev–Trinajstić information content (AvgIpc) is 2.47. The van der Waals surface area contributed by atoms with E-state index in [1.165, 1.54) is 15.4 Å². The topological polar surface area (TPSA) is 49.9 Å². The number of nitrogens with zero attached hydrogens (tertiary/aromatic N) is 2. The molecule has 6 heteroatoms. The molecule has 1 aromatic carbocycles. The van der Waals surface area contributed by atoms with Crippen molar-refractivity contribution in [1.82, 2.24) is 8.61 Å². The molecule has 22 heavy (non-hydrogen) atoms. The Balaban J connectivity index is 2.16. The van der Waals surface area contributed by atoms with E-state index >= 15 is 0 Å². The monoisotopic (exact) mass is 326 g/mol. The predicted molar refractivity (Wildman–Crippen MR) is 88.0 cm³/mol. The van der Waals surface area contributed by atoms with E-state index in [0.29, 0.717) is 13.1 Å². The van der Waals surface area contributed by atoms with Crippen LogP contribution in [0.5, 0.6) is 0 Å². The SMILES string of the molecule is CO[C@H]1CCN(S(=O)(=O)N(C)C)C[C@@H]1Cc1cccc(C)c1. The minimum atomic E-state index is -3.35. The molecule has 0 N–H and O–H groups in total. The van der Waals surface area contributed by atoms with Crippen LogP contribution in [0.4, 0.5) is 0 Å². The average molecular weight is 326 g/mol. The smallest absolute Gasteiger partial charge is 0.281 e. The molecule has 124 valence electrons. The van der Waals surface area contributed by atoms with E-state index in [4.69, 9.17) is 4.74 Å². The molecule has 1 aliphatic heterocycles. The summed E-state index contributed by atoms with van der Waals surface area (Å²) >= 11 is 0. The molecule has 1 heterocycles. The maximum atomic E-state index is 12.3. The zero-order valence-electron chi connectivity index (χ0n) is 13.8. The maximum absolute atomic E-state index is 12.3. The summed E-state index contributed by atoms with van der Waals surface area (Å²) < 4.78 is 33.1. The van der Waals surface area contributed by atoms with E-state index < -0.39 is 10.2 Å². The van der Waals surface area contributed by atoms with Crippen molar-refractivity contribution in [3.05, 3.63) is 35.4 Å². The summed E-state index contributed by atoms with van der Waals surface area (Å²) in [7, 11) is 1.51. The van der Waals surface area contributed by atoms with Crippen LogP contribution in [0.2, 0.25) is 0 Å². The van der Waals surface area contributed by atoms with Gasteiger partial charge in [0.25, 0.3) is 10.2 Å². The zero-order chi connectivity index (χ0) is 16.3. The first-order chi connectivity index (χ1) is 10.3. The number of ether oxygens (including phenoxy) is 1. The lowest BCUT2D eigenvalue weighted by Crippen LogP contribution is -2.50. The number of hydrogen-bond donors (Lipinski definition) is 0. The molecule has 0 amide bonds. The van der Waals surface area contributed by atoms with Crippen LogP contribution >= 0.6 is 0 Å². The summed E-state index contributed by atoms with van der Waals surface area (Å²) in [5.41, 5.74) is 2.45. The van der Waals surface area contributed by atoms with Crippen LogP contribution in [0.1, 0.15) is 17.5 Å². The third-order valence-electron chi connectivity index (χ3n) is 4.30. The van der Waals surface area contributed by atoms with Crippen molar-refractivity contribution < 1.29 is 13.2 Å². The molecule has 1 fully saturated rings. The van der Waals surface area contributed by atoms with Gasteiger partial charge in [-0.15, -0.1) is 0 Å². The van der Waals surface area contributed by atoms with Gasteiger partial charge in [0.15, 0.2) is 0 Å². The van der Waals surface area contributed by atoms with E-state index in [9.17, 15) is 8.42 Å². The van der Waals surface area contributed by atoms with Crippen LogP contribution in [0.3, 0.4) is 0 Å². The number of methoxy groups -OCH3 is 1. The lowest BCUT2D eigenvalue weighted by atomic mass is 9.89. The van der Waals surface area contributed by atoms with Crippen molar-refractivity contribution in [1.29, 1.82) is 0 Å². The van der Waals surface area contributed by atoms with Gasteiger partial charge in [0.05, 0.1) is 6.10 Å². The third kappa shape index (κ3) is 3.87. The van der Waals surface area contributed by atoms with Gasteiger partial charge in [0.1, 0.15) is 0 Å². The molecular formula is C16H26N2O3S. The van der Waals surface area contributed by atoms with E-state index in [2.05, 4.69) is 25.1 Å². The fourth-order valence-electron chi connectivity index (χ4n) is 3.07. The largest absolute Gasteiger partial charge is 0.381 e. The molecule has 2 rings (SSSR count). The van der Waals surface area contributed by atoms with Crippen molar-refractivity contribution in [3.63, 3.8) is 0 Å². The van der Waals surface area contributed by atoms with Crippen molar-refractivity contribution in [2.24, 2.45) is 5.92 Å². The molecule has 2 atom stereocenters. The van der Waals surface area contributed by atoms with Crippen LogP contribution in [0.25, 0.3) is 0 Å². The highest BCUT2D eigenvalue weighted by Crippen LogP contribution is 2.26. The summed E-state index contributed by atoms with van der Waals surface area (Å²) in [6.07, 6.45) is 1.67. The van der Waals surface area contributed by atoms with Crippen LogP contribution in [-0.2, 0) is 21.4 Å². The Labute approximate surface area is 134 Å². The standard InChI is InChI=1S/C16H26N2O3S/c1-13-6-5-7-14(10-13)11-15-12-18(9-8-16(15)21-4)22(19,20)17(2)3/h5-7,10,15-16H,8-9,11-12H2,1-4H3/t15-,16-/m0/s1. The van der Waals surface area contributed by atoms with E-state index in [1.807, 2.05) is 6.07 Å². The van der Waals surface area contributed by atoms with Crippen molar-refractivity contribution in [3.8, 4) is 0 Å². The highest BCUT2D eigenvalue weighted by molar-refractivity contribution is 7.86. The summed E-state index contributed by atoms with van der Waals surface area (Å²) in [6.45, 7) is 3.09. The van der Waals surface area contributed by atoms with E-state index in [1.54, 1.807) is 25.5 Å². The number of piperidine rings is 1. The van der Waals surface area contributed by atoms with Crippen molar-refractivity contribution in [2.45, 2.75) is 25.9 Å². The Morgan fingerprint density at radius 1 is 1.36 bits per heavy atom. The predicted octanol–water partition coefficient (Wildman–Crippen LogP) is 1.68. The number of aryl methyl sites for hydroxylation is 1. The first kappa shape index (κ1) is 17.4. The number of rotatable bonds is 5. The molecule has 1 aromatic rings. The molecule has 0 saturated carbocycles. The molecule has 1 aliphatic rings. The van der Waals surface area contributed by atoms with Crippen molar-refractivity contribution >= 4 is 10.2 Å². The van der Waals surface area contributed by atoms with Gasteiger partial charge in [-0.25, -0.2) is 0 Å². The van der Waals surface area contributed by atoms with Gasteiger partial charge in [-0.3, -0.25) is 0 Å². The van der Waals surface area contributed by atoms with Crippen LogP contribution < -0.4 is 0 Å². The van der Waals surface area contributed by atoms with Crippen LogP contribution in [0.15, 0.2) is 24.3 Å². The molecule has 0 aliphatic carbocycles. The quantitative estimate of drug-likeness (QED) is 0.827. The molecule has 0 spiro atoms. The third-order valence-corrected chi connectivity index (χ3v) is 6.20. The lowest BCUT2D eigenvalue weighted by molar-refractivity contribution is 0.0122. The summed E-state index contributed by atoms with van der Waals surface area (Å²) in [5.74, 6) is 0.176. The molecule has 0 aromatic heterocycles. The Bertz CT molecular complexity index is 601. The molecule has 0 bridgehead atoms. The minimum absolute atomic E-state index is 0.106. The Morgan fingerprint density at radius 2 is 2.09 bits per heavy atom. The Morgan fingerprint density at radius 3 is 2.68 bits per heavy atom. The first-order valence-electron chi connectivity index (χ1n) is 7.60. The zero-order valence-corrected chi connectivity index (χ0v) is 14.6. The van der Waals surface area contributed by atoms with Gasteiger partial charge in [-0.05, 0) is 25.3 Å². The summed E-state index contributed by atoms with van der Waals surface area (Å²) in [5, 5.41) is 0. The fourth-order valence-corrected chi connectivity index (χ4v) is 4.24. The number of benzene rings is 1. The molecule has 0 unspecified atom stereocenters. The highest BCUT2D eigenvalue weighted by Gasteiger charge is 2.35. The second-order valence-electron chi connectivity index (χ2n) is 6.16. The summed E-state index contributed by atoms with van der Waals surface area (Å²) in [6, 6.07) is 8.37. The minimum Gasteiger partial charge on any atom is -0.381 e. The fraction of sp³-hybridized carbons (Fsp3) is 0.625. The summed E-state index contributed by atoms with van der Waals surface area (Å²) in [4.78, 5) is 0. The van der Waals surface area contributed by atoms with Gasteiger partial charge in [-0.2, -0.15) is 17.0 Å². The van der Waals surface area contributed by atoms with Crippen LogP contribution in [0, 0.1) is 12.8 Å². The Hall–Kier alpha value is -0.950. The van der Waals surface area contributed by atoms with Gasteiger partial charge in [-0.1, -0.05) is 29.8 Å². The van der Waals surface area contributed by atoms with Crippen LogP contribution in [-0.4, -0.2) is 57.4 Å². The normalized spacial score (nSPS) is 23.9. The molecule has 5 nitrogen and oxygen atoms in total. The van der Waals surface area contributed by atoms with Gasteiger partial charge < -0.3 is 4.74 Å². The van der Waals surface area contributed by atoms with Crippen molar-refractivity contribution in [2.75, 3.05) is 34.3 Å². The second kappa shape index (κ2) is 7.08. The highest BCUT2D eigenvalue weighted by atomic mass is 32.2. The van der Waals surface area contributed by atoms with E-state index in [-0.39, 0.29) is 12.0 Å². The Kier molecular flexibility index (Phi) is 5.60. The molecule has 1 saturated heterocycles. The van der Waals surface area contributed by atoms with Gasteiger partial charge in [0.2, 0.25) is 0 Å². The van der Waals surface area contributed by atoms with E-state index in [0.717, 1.165) is 12.8 Å². The lowest BCUT2D eigenvalue weighted by Gasteiger charge is -2.38. The molecule has 0 radical (unpaired) electrons. The van der Waals surface area contributed by atoms with Gasteiger partial charge in [0, 0.05) is 40.2 Å². The molecular weight excluding hydrogens is 300 g/mol. The maximum Gasteiger partial charge on any atom is 0.281 e. The first-order valence-corrected chi connectivity index (χ1v) is 9.00.